The van der Waals surface area contributed by atoms with Crippen LogP contribution in [-0.4, -0.2) is 142 Å². The number of hydrogen-bond donors (Lipinski definition) is 7. The van der Waals surface area contributed by atoms with E-state index in [1.165, 1.54) is 57.8 Å². The van der Waals surface area contributed by atoms with Gasteiger partial charge in [0.25, 0.3) is 0 Å². The van der Waals surface area contributed by atoms with Crippen LogP contribution in [0.15, 0.2) is 42.2 Å². The highest BCUT2D eigenvalue weighted by atomic mass is 16.7. The number of aliphatic hydroxyl groups excluding tert-OH is 7. The Kier molecular flexibility index (Phi) is 34.7. The predicted octanol–water partition coefficient (Wildman–Crippen LogP) is 6.70. The van der Waals surface area contributed by atoms with Gasteiger partial charge >= 0.3 is 11.9 Å². The molecular formula is C51H88O15. The summed E-state index contributed by atoms with van der Waals surface area (Å²) in [6.07, 6.45) is 20.9. The Morgan fingerprint density at radius 2 is 0.985 bits per heavy atom. The first-order valence-electron chi connectivity index (χ1n) is 25.3. The Morgan fingerprint density at radius 3 is 1.55 bits per heavy atom. The smallest absolute Gasteiger partial charge is 0.306 e. The second-order valence-corrected chi connectivity index (χ2v) is 17.8. The molecule has 0 bridgehead atoms. The molecule has 0 radical (unpaired) electrons. The minimum Gasteiger partial charge on any atom is -0.462 e. The van der Waals surface area contributed by atoms with Crippen LogP contribution in [0, 0.1) is 0 Å². The summed E-state index contributed by atoms with van der Waals surface area (Å²) in [7, 11) is 0. The molecule has 11 atom stereocenters. The van der Waals surface area contributed by atoms with Crippen molar-refractivity contribution in [2.75, 3.05) is 26.4 Å². The second kappa shape index (κ2) is 38.4. The van der Waals surface area contributed by atoms with Gasteiger partial charge < -0.3 is 64.2 Å². The van der Waals surface area contributed by atoms with Gasteiger partial charge in [0, 0.05) is 12.8 Å². The largest absolute Gasteiger partial charge is 0.462 e. The van der Waals surface area contributed by atoms with Crippen molar-refractivity contribution in [1.29, 1.82) is 0 Å². The van der Waals surface area contributed by atoms with Crippen LogP contribution in [0.3, 0.4) is 0 Å². The lowest BCUT2D eigenvalue weighted by molar-refractivity contribution is -0.332. The minimum atomic E-state index is -1.77. The second-order valence-electron chi connectivity index (χ2n) is 17.8. The van der Waals surface area contributed by atoms with Crippen LogP contribution in [0.5, 0.6) is 0 Å². The van der Waals surface area contributed by atoms with E-state index in [0.29, 0.717) is 12.8 Å². The molecule has 2 fully saturated rings. The molecule has 0 amide bonds. The van der Waals surface area contributed by atoms with Gasteiger partial charge in [-0.2, -0.15) is 0 Å². The number of ether oxygens (including phenoxy) is 6. The summed E-state index contributed by atoms with van der Waals surface area (Å²) in [5.74, 6) is -0.965. The van der Waals surface area contributed by atoms with Gasteiger partial charge in [0.15, 0.2) is 18.7 Å². The predicted molar refractivity (Wildman–Crippen MR) is 251 cm³/mol. The molecule has 0 aromatic heterocycles. The molecule has 0 spiro atoms. The molecule has 15 nitrogen and oxygen atoms in total. The molecule has 15 heteroatoms. The third-order valence-electron chi connectivity index (χ3n) is 11.9. The Hall–Kier alpha value is -2.50. The van der Waals surface area contributed by atoms with Crippen molar-refractivity contribution >= 4 is 11.9 Å². The maximum Gasteiger partial charge on any atom is 0.306 e. The van der Waals surface area contributed by atoms with E-state index in [1.54, 1.807) is 0 Å². The highest BCUT2D eigenvalue weighted by Crippen LogP contribution is 2.26. The fourth-order valence-corrected chi connectivity index (χ4v) is 7.65. The molecule has 2 saturated heterocycles. The van der Waals surface area contributed by atoms with E-state index in [-0.39, 0.29) is 19.4 Å². The molecule has 0 aromatic carbocycles. The number of carbonyl (C=O) groups excluding carboxylic acids is 2. The average Bonchev–Trinajstić information content (AvgIpc) is 3.31. The zero-order valence-corrected chi connectivity index (χ0v) is 40.2. The summed E-state index contributed by atoms with van der Waals surface area (Å²) in [6.45, 7) is 2.51. The van der Waals surface area contributed by atoms with Gasteiger partial charge in [-0.3, -0.25) is 9.59 Å². The molecule has 2 aliphatic heterocycles. The van der Waals surface area contributed by atoms with E-state index >= 15 is 0 Å². The molecule has 0 saturated carbocycles. The number of rotatable bonds is 38. The summed E-state index contributed by atoms with van der Waals surface area (Å²) >= 11 is 0. The van der Waals surface area contributed by atoms with Gasteiger partial charge in [0.1, 0.15) is 55.4 Å². The molecule has 2 heterocycles. The highest BCUT2D eigenvalue weighted by Gasteiger charge is 2.47. The van der Waals surface area contributed by atoms with Crippen molar-refractivity contribution < 1.29 is 73.8 Å². The van der Waals surface area contributed by atoms with Crippen LogP contribution in [-0.2, 0) is 38.0 Å². The molecule has 4 unspecified atom stereocenters. The SMILES string of the molecule is CCCCCC/C=C/C=C/CCCCCCCC(=O)O[C@H](COC(=O)CCCCCCCC=C=CCCCCCCC)CO[C@@H]1O[C@H](CO[C@@H]2O[C@H](CO)[C@H](O)C(O)C2O)[C@H](O)C(O)C1O. The minimum absolute atomic E-state index is 0.142. The Bertz CT molecular complexity index is 1350. The monoisotopic (exact) mass is 941 g/mol. The van der Waals surface area contributed by atoms with E-state index < -0.39 is 99.3 Å². The van der Waals surface area contributed by atoms with E-state index in [4.69, 9.17) is 28.4 Å². The zero-order valence-electron chi connectivity index (χ0n) is 40.2. The van der Waals surface area contributed by atoms with Crippen molar-refractivity contribution in [3.63, 3.8) is 0 Å². The Labute approximate surface area is 395 Å². The van der Waals surface area contributed by atoms with Crippen molar-refractivity contribution in [2.45, 2.75) is 242 Å². The number of aliphatic hydroxyl groups is 7. The molecule has 382 valence electrons. The van der Waals surface area contributed by atoms with E-state index in [0.717, 1.165) is 77.0 Å². The third kappa shape index (κ3) is 26.3. The number of allylic oxidation sites excluding steroid dienone is 5. The lowest BCUT2D eigenvalue weighted by atomic mass is 9.98. The van der Waals surface area contributed by atoms with Crippen LogP contribution in [0.25, 0.3) is 0 Å². The summed E-state index contributed by atoms with van der Waals surface area (Å²) in [5.41, 5.74) is 3.29. The number of unbranched alkanes of at least 4 members (excludes halogenated alkanes) is 19. The topological polar surface area (TPSA) is 231 Å². The highest BCUT2D eigenvalue weighted by molar-refractivity contribution is 5.70. The van der Waals surface area contributed by atoms with Crippen molar-refractivity contribution in [3.05, 3.63) is 42.2 Å². The van der Waals surface area contributed by atoms with Crippen molar-refractivity contribution in [2.24, 2.45) is 0 Å². The zero-order chi connectivity index (χ0) is 48.2. The molecule has 0 aromatic rings. The van der Waals surface area contributed by atoms with E-state index in [9.17, 15) is 45.3 Å². The maximum atomic E-state index is 13.0. The van der Waals surface area contributed by atoms with Gasteiger partial charge in [-0.25, -0.2) is 0 Å². The molecular weight excluding hydrogens is 853 g/mol. The lowest BCUT2D eigenvalue weighted by Gasteiger charge is -2.42. The third-order valence-corrected chi connectivity index (χ3v) is 11.9. The van der Waals surface area contributed by atoms with E-state index in [2.05, 4.69) is 56.0 Å². The van der Waals surface area contributed by atoms with Gasteiger partial charge in [0.2, 0.25) is 0 Å². The first-order valence-corrected chi connectivity index (χ1v) is 25.3. The Morgan fingerprint density at radius 1 is 0.530 bits per heavy atom. The summed E-state index contributed by atoms with van der Waals surface area (Å²) in [4.78, 5) is 25.7. The number of hydrogen-bond acceptors (Lipinski definition) is 15. The molecule has 7 N–H and O–H groups in total. The van der Waals surface area contributed by atoms with Crippen molar-refractivity contribution in [3.8, 4) is 0 Å². The first-order chi connectivity index (χ1) is 32.0. The molecule has 2 aliphatic rings. The van der Waals surface area contributed by atoms with Gasteiger partial charge in [-0.05, 0) is 76.4 Å². The average molecular weight is 941 g/mol. The standard InChI is InChI=1S/C51H88O15/c1-3-5-7-9-11-13-15-17-19-21-23-25-27-29-31-33-42(53)61-36-39(64-43(54)34-32-30-28-26-24-22-20-18-16-14-12-10-8-6-4-2)37-62-50-49(60)47(58)45(56)41(66-50)38-63-51-48(59)46(57)44(55)40(35-52)65-51/h14-16,18-20,39-41,44-52,55-60H,3-13,21-38H2,1-2H3/b16-14+,20-18+/t17?,39-,40-,41-,44+,45+,46?,47?,48?,49?,50-,51-/m1/s1. The summed E-state index contributed by atoms with van der Waals surface area (Å²) in [6, 6.07) is 0. The van der Waals surface area contributed by atoms with Crippen LogP contribution in [0.4, 0.5) is 0 Å². The van der Waals surface area contributed by atoms with E-state index in [1.807, 2.05) is 0 Å². The molecule has 66 heavy (non-hydrogen) atoms. The van der Waals surface area contributed by atoms with Gasteiger partial charge in [0.05, 0.1) is 19.8 Å². The summed E-state index contributed by atoms with van der Waals surface area (Å²) < 4.78 is 33.5. The number of carbonyl (C=O) groups is 2. The van der Waals surface area contributed by atoms with Gasteiger partial charge in [-0.1, -0.05) is 122 Å². The normalized spacial score (nSPS) is 26.1. The maximum absolute atomic E-state index is 13.0. The summed E-state index contributed by atoms with van der Waals surface area (Å²) in [5, 5.41) is 72.0. The van der Waals surface area contributed by atoms with Crippen molar-refractivity contribution in [1.82, 2.24) is 0 Å². The Balaban J connectivity index is 1.84. The fourth-order valence-electron chi connectivity index (χ4n) is 7.65. The van der Waals surface area contributed by atoms with Crippen LogP contribution >= 0.6 is 0 Å². The molecule has 0 aliphatic carbocycles. The van der Waals surface area contributed by atoms with Crippen LogP contribution < -0.4 is 0 Å². The lowest BCUT2D eigenvalue weighted by Crippen LogP contribution is -2.61. The fraction of sp³-hybridized carbons (Fsp3) is 0.824. The van der Waals surface area contributed by atoms with Gasteiger partial charge in [-0.15, -0.1) is 5.73 Å². The quantitative estimate of drug-likeness (QED) is 0.0148. The number of esters is 2. The molecule has 2 rings (SSSR count). The van der Waals surface area contributed by atoms with Crippen LogP contribution in [0.2, 0.25) is 0 Å². The van der Waals surface area contributed by atoms with Crippen LogP contribution in [0.1, 0.15) is 174 Å². The first kappa shape index (κ1) is 59.6.